The summed E-state index contributed by atoms with van der Waals surface area (Å²) < 4.78 is 33.2. The SMILES string of the molecule is O=c1c2ccc([N+](=O)[O-])cc2ncn1Cc1ccc(S(=O)(=O)N2CCCC2)o1. The summed E-state index contributed by atoms with van der Waals surface area (Å²) in [6, 6.07) is 6.71. The van der Waals surface area contributed by atoms with E-state index in [1.807, 2.05) is 0 Å². The van der Waals surface area contributed by atoms with Gasteiger partial charge in [-0.25, -0.2) is 13.4 Å². The van der Waals surface area contributed by atoms with Crippen LogP contribution in [0.3, 0.4) is 0 Å². The van der Waals surface area contributed by atoms with Crippen LogP contribution in [0.4, 0.5) is 5.69 Å². The molecule has 10 nitrogen and oxygen atoms in total. The second-order valence-electron chi connectivity index (χ2n) is 6.47. The van der Waals surface area contributed by atoms with Crippen molar-refractivity contribution in [3.63, 3.8) is 0 Å². The van der Waals surface area contributed by atoms with E-state index in [9.17, 15) is 23.3 Å². The summed E-state index contributed by atoms with van der Waals surface area (Å²) in [5.41, 5.74) is -0.340. The van der Waals surface area contributed by atoms with Crippen LogP contribution in [-0.4, -0.2) is 40.3 Å². The molecule has 1 aromatic carbocycles. The fourth-order valence-corrected chi connectivity index (χ4v) is 4.62. The lowest BCUT2D eigenvalue weighted by Gasteiger charge is -2.12. The smallest absolute Gasteiger partial charge is 0.276 e. The Balaban J connectivity index is 1.63. The van der Waals surface area contributed by atoms with Gasteiger partial charge in [0.05, 0.1) is 28.7 Å². The Morgan fingerprint density at radius 3 is 2.64 bits per heavy atom. The molecule has 1 saturated heterocycles. The normalized spacial score (nSPS) is 15.3. The van der Waals surface area contributed by atoms with Crippen LogP contribution >= 0.6 is 0 Å². The number of aromatic nitrogens is 2. The van der Waals surface area contributed by atoms with Crippen LogP contribution in [0.25, 0.3) is 10.9 Å². The molecule has 4 rings (SSSR count). The van der Waals surface area contributed by atoms with Crippen LogP contribution in [0.1, 0.15) is 18.6 Å². The predicted octanol–water partition coefficient (Wildman–Crippen LogP) is 1.73. The molecule has 0 bridgehead atoms. The van der Waals surface area contributed by atoms with E-state index in [4.69, 9.17) is 4.42 Å². The predicted molar refractivity (Wildman–Crippen MR) is 98.5 cm³/mol. The zero-order valence-electron chi connectivity index (χ0n) is 14.6. The average molecular weight is 404 g/mol. The van der Waals surface area contributed by atoms with Gasteiger partial charge in [-0.1, -0.05) is 0 Å². The molecule has 1 fully saturated rings. The first-order valence-electron chi connectivity index (χ1n) is 8.59. The number of fused-ring (bicyclic) bond motifs is 1. The van der Waals surface area contributed by atoms with E-state index in [1.54, 1.807) is 0 Å². The topological polar surface area (TPSA) is 129 Å². The molecule has 0 spiro atoms. The Morgan fingerprint density at radius 1 is 1.18 bits per heavy atom. The highest BCUT2D eigenvalue weighted by atomic mass is 32.2. The number of hydrogen-bond acceptors (Lipinski definition) is 7. The Kier molecular flexibility index (Phi) is 4.47. The van der Waals surface area contributed by atoms with Crippen molar-refractivity contribution in [3.8, 4) is 0 Å². The molecular formula is C17H16N4O6S. The zero-order chi connectivity index (χ0) is 19.9. The molecule has 0 unspecified atom stereocenters. The second kappa shape index (κ2) is 6.84. The first-order valence-corrected chi connectivity index (χ1v) is 10.0. The zero-order valence-corrected chi connectivity index (χ0v) is 15.5. The second-order valence-corrected chi connectivity index (χ2v) is 8.34. The molecule has 3 heterocycles. The quantitative estimate of drug-likeness (QED) is 0.468. The van der Waals surface area contributed by atoms with E-state index in [1.165, 1.54) is 45.5 Å². The standard InChI is InChI=1S/C17H16N4O6S/c22-17-14-5-3-12(21(23)24)9-15(14)18-11-19(17)10-13-4-6-16(27-13)28(25,26)20-7-1-2-8-20/h3-6,9,11H,1-2,7-8,10H2. The van der Waals surface area contributed by atoms with Gasteiger partial charge in [-0.2, -0.15) is 4.31 Å². The molecule has 0 saturated carbocycles. The van der Waals surface area contributed by atoms with E-state index in [0.717, 1.165) is 12.8 Å². The van der Waals surface area contributed by atoms with Gasteiger partial charge in [0.1, 0.15) is 5.76 Å². The number of nitro groups is 1. The number of nitrogens with zero attached hydrogens (tertiary/aromatic N) is 4. The number of rotatable bonds is 5. The first kappa shape index (κ1) is 18.3. The van der Waals surface area contributed by atoms with Crippen LogP contribution < -0.4 is 5.56 Å². The number of nitro benzene ring substituents is 1. The largest absolute Gasteiger partial charge is 0.446 e. The third-order valence-corrected chi connectivity index (χ3v) is 6.41. The lowest BCUT2D eigenvalue weighted by Crippen LogP contribution is -2.27. The number of hydrogen-bond donors (Lipinski definition) is 0. The number of benzene rings is 1. The molecule has 0 aliphatic carbocycles. The van der Waals surface area contributed by atoms with Gasteiger partial charge >= 0.3 is 0 Å². The van der Waals surface area contributed by atoms with Crippen LogP contribution in [0, 0.1) is 10.1 Å². The van der Waals surface area contributed by atoms with Gasteiger partial charge in [-0.15, -0.1) is 0 Å². The van der Waals surface area contributed by atoms with Crippen LogP contribution in [0.2, 0.25) is 0 Å². The van der Waals surface area contributed by atoms with Gasteiger partial charge in [0, 0.05) is 25.2 Å². The highest BCUT2D eigenvalue weighted by Gasteiger charge is 2.30. The maximum atomic E-state index is 12.6. The van der Waals surface area contributed by atoms with Crippen molar-refractivity contribution < 1.29 is 17.8 Å². The summed E-state index contributed by atoms with van der Waals surface area (Å²) in [7, 11) is -3.67. The average Bonchev–Trinajstić information content (AvgIpc) is 3.36. The van der Waals surface area contributed by atoms with E-state index >= 15 is 0 Å². The number of furan rings is 1. The fourth-order valence-electron chi connectivity index (χ4n) is 3.18. The third kappa shape index (κ3) is 3.18. The Bertz CT molecular complexity index is 1220. The van der Waals surface area contributed by atoms with Crippen molar-refractivity contribution in [2.75, 3.05) is 13.1 Å². The minimum Gasteiger partial charge on any atom is -0.446 e. The monoisotopic (exact) mass is 404 g/mol. The summed E-state index contributed by atoms with van der Waals surface area (Å²) in [5, 5.41) is 10.9. The minimum absolute atomic E-state index is 0.00567. The Hall–Kier alpha value is -3.05. The van der Waals surface area contributed by atoms with Crippen molar-refractivity contribution in [3.05, 3.63) is 62.9 Å². The third-order valence-electron chi connectivity index (χ3n) is 4.64. The summed E-state index contributed by atoms with van der Waals surface area (Å²) in [6.45, 7) is 0.936. The van der Waals surface area contributed by atoms with Crippen molar-refractivity contribution >= 4 is 26.6 Å². The molecule has 146 valence electrons. The molecular weight excluding hydrogens is 388 g/mol. The van der Waals surface area contributed by atoms with Crippen molar-refractivity contribution in [1.82, 2.24) is 13.9 Å². The summed E-state index contributed by atoms with van der Waals surface area (Å²) >= 11 is 0. The highest BCUT2D eigenvalue weighted by molar-refractivity contribution is 7.89. The Morgan fingerprint density at radius 2 is 1.93 bits per heavy atom. The van der Waals surface area contributed by atoms with Crippen molar-refractivity contribution in [1.29, 1.82) is 0 Å². The fraction of sp³-hybridized carbons (Fsp3) is 0.294. The number of sulfonamides is 1. The van der Waals surface area contributed by atoms with Crippen molar-refractivity contribution in [2.24, 2.45) is 0 Å². The molecule has 0 amide bonds. The van der Waals surface area contributed by atoms with E-state index in [0.29, 0.717) is 18.8 Å². The summed E-state index contributed by atoms with van der Waals surface area (Å²) in [5.74, 6) is 0.294. The van der Waals surface area contributed by atoms with Crippen LogP contribution in [0.5, 0.6) is 0 Å². The Labute approximate surface area is 159 Å². The van der Waals surface area contributed by atoms with E-state index in [-0.39, 0.29) is 28.2 Å². The van der Waals surface area contributed by atoms with Crippen LogP contribution in [-0.2, 0) is 16.6 Å². The summed E-state index contributed by atoms with van der Waals surface area (Å²) in [6.07, 6.45) is 2.90. The highest BCUT2D eigenvalue weighted by Crippen LogP contribution is 2.23. The molecule has 1 aliphatic rings. The van der Waals surface area contributed by atoms with E-state index in [2.05, 4.69) is 4.98 Å². The maximum absolute atomic E-state index is 12.6. The van der Waals surface area contributed by atoms with Gasteiger partial charge in [-0.3, -0.25) is 19.5 Å². The molecule has 0 atom stereocenters. The van der Waals surface area contributed by atoms with Crippen molar-refractivity contribution in [2.45, 2.75) is 24.5 Å². The molecule has 0 N–H and O–H groups in total. The van der Waals surface area contributed by atoms with Gasteiger partial charge in [-0.05, 0) is 31.0 Å². The molecule has 3 aromatic rings. The summed E-state index contributed by atoms with van der Waals surface area (Å²) in [4.78, 5) is 27.0. The van der Waals surface area contributed by atoms with Gasteiger partial charge in [0.25, 0.3) is 21.3 Å². The molecule has 28 heavy (non-hydrogen) atoms. The number of non-ortho nitro benzene ring substituents is 1. The van der Waals surface area contributed by atoms with Gasteiger partial charge in [0.2, 0.25) is 5.09 Å². The maximum Gasteiger partial charge on any atom is 0.276 e. The molecule has 11 heteroatoms. The lowest BCUT2D eigenvalue weighted by molar-refractivity contribution is -0.384. The lowest BCUT2D eigenvalue weighted by atomic mass is 10.2. The molecule has 2 aromatic heterocycles. The first-order chi connectivity index (χ1) is 13.4. The van der Waals surface area contributed by atoms with Gasteiger partial charge in [0.15, 0.2) is 0 Å². The van der Waals surface area contributed by atoms with E-state index < -0.39 is 20.5 Å². The molecule has 1 aliphatic heterocycles. The molecule has 0 radical (unpaired) electrons. The van der Waals surface area contributed by atoms with Gasteiger partial charge < -0.3 is 4.42 Å². The minimum atomic E-state index is -3.67. The van der Waals surface area contributed by atoms with Crippen LogP contribution in [0.15, 0.2) is 51.0 Å².